The summed E-state index contributed by atoms with van der Waals surface area (Å²) in [5, 5.41) is 1.07. The molecule has 60 valence electrons. The number of nitrogens with zero attached hydrogens (tertiary/aromatic N) is 1. The first kappa shape index (κ1) is 7.55. The van der Waals surface area contributed by atoms with Gasteiger partial charge < -0.3 is 0 Å². The van der Waals surface area contributed by atoms with E-state index in [1.807, 2.05) is 24.3 Å². The lowest BCUT2D eigenvalue weighted by Gasteiger charge is -1.96. The Hall–Kier alpha value is -1.09. The molecule has 0 fully saturated rings. The van der Waals surface area contributed by atoms with Crippen molar-refractivity contribution in [3.8, 4) is 0 Å². The molecule has 0 aliphatic carbocycles. The third kappa shape index (κ3) is 0.975. The Balaban J connectivity index is 2.91. The second kappa shape index (κ2) is 2.75. The van der Waals surface area contributed by atoms with Crippen LogP contribution in [0.15, 0.2) is 34.9 Å². The fourth-order valence-corrected chi connectivity index (χ4v) is 1.85. The largest absolute Gasteiger partial charge is 0.289 e. The molecular weight excluding hydrogens is 218 g/mol. The highest BCUT2D eigenvalue weighted by Gasteiger charge is 2.02. The van der Waals surface area contributed by atoms with Crippen LogP contribution in [0.4, 0.5) is 0 Å². The molecule has 0 saturated carbocycles. The van der Waals surface area contributed by atoms with Crippen LogP contribution in [0.2, 0.25) is 0 Å². The first-order valence-electron chi connectivity index (χ1n) is 3.53. The van der Waals surface area contributed by atoms with Crippen molar-refractivity contribution in [2.24, 2.45) is 0 Å². The normalized spacial score (nSPS) is 10.4. The molecule has 1 aromatic heterocycles. The Morgan fingerprint density at radius 1 is 1.33 bits per heavy atom. The maximum Gasteiger partial charge on any atom is 0.218 e. The van der Waals surface area contributed by atoms with Gasteiger partial charge in [0.1, 0.15) is 0 Å². The summed E-state index contributed by atoms with van der Waals surface area (Å²) in [6, 6.07) is 7.75. The van der Waals surface area contributed by atoms with Crippen molar-refractivity contribution >= 4 is 33.2 Å². The zero-order valence-electron chi connectivity index (χ0n) is 6.20. The minimum absolute atomic E-state index is 0.799. The number of benzene rings is 1. The van der Waals surface area contributed by atoms with Gasteiger partial charge in [-0.25, -0.2) is 0 Å². The van der Waals surface area contributed by atoms with E-state index in [1.165, 1.54) is 0 Å². The smallest absolute Gasteiger partial charge is 0.218 e. The molecule has 0 aliphatic heterocycles. The predicted octanol–water partition coefficient (Wildman–Crippen LogP) is 2.44. The van der Waals surface area contributed by atoms with Gasteiger partial charge >= 0.3 is 0 Å². The maximum atomic E-state index is 10.6. The Kier molecular flexibility index (Phi) is 1.73. The van der Waals surface area contributed by atoms with Crippen molar-refractivity contribution in [2.45, 2.75) is 0 Å². The molecule has 1 heterocycles. The summed E-state index contributed by atoms with van der Waals surface area (Å²) in [6.07, 6.45) is 2.55. The second-order valence-corrected chi connectivity index (χ2v) is 3.36. The highest BCUT2D eigenvalue weighted by atomic mass is 79.9. The summed E-state index contributed by atoms with van der Waals surface area (Å²) < 4.78 is 2.50. The number of aromatic nitrogens is 1. The van der Waals surface area contributed by atoms with Gasteiger partial charge in [-0.15, -0.1) is 0 Å². The average molecular weight is 224 g/mol. The quantitative estimate of drug-likeness (QED) is 0.682. The Morgan fingerprint density at radius 3 is 2.92 bits per heavy atom. The highest BCUT2D eigenvalue weighted by Crippen LogP contribution is 2.23. The van der Waals surface area contributed by atoms with Gasteiger partial charge in [-0.2, -0.15) is 0 Å². The lowest BCUT2D eigenvalue weighted by Crippen LogP contribution is -1.91. The van der Waals surface area contributed by atoms with Crippen LogP contribution in [-0.2, 0) is 4.79 Å². The molecular formula is C9H6BrNO. The van der Waals surface area contributed by atoms with Gasteiger partial charge in [-0.3, -0.25) is 9.36 Å². The van der Waals surface area contributed by atoms with Crippen molar-refractivity contribution in [3.63, 3.8) is 0 Å². The minimum atomic E-state index is 0.799. The SMILES string of the molecule is O=Cn1ccc2cccc(Br)c21. The number of para-hydroxylation sites is 1. The van der Waals surface area contributed by atoms with Crippen LogP contribution in [0.25, 0.3) is 10.9 Å². The summed E-state index contributed by atoms with van der Waals surface area (Å²) in [4.78, 5) is 10.6. The van der Waals surface area contributed by atoms with E-state index in [4.69, 9.17) is 0 Å². The van der Waals surface area contributed by atoms with E-state index in [9.17, 15) is 4.79 Å². The van der Waals surface area contributed by atoms with E-state index in [0.29, 0.717) is 0 Å². The molecule has 0 amide bonds. The van der Waals surface area contributed by atoms with Gasteiger partial charge in [0.15, 0.2) is 0 Å². The van der Waals surface area contributed by atoms with Gasteiger partial charge in [0, 0.05) is 16.1 Å². The number of hydrogen-bond acceptors (Lipinski definition) is 1. The molecule has 0 N–H and O–H groups in total. The number of carbonyl (C=O) groups excluding carboxylic acids is 1. The second-order valence-electron chi connectivity index (χ2n) is 2.51. The zero-order valence-corrected chi connectivity index (χ0v) is 7.78. The van der Waals surface area contributed by atoms with E-state index in [0.717, 1.165) is 21.8 Å². The van der Waals surface area contributed by atoms with E-state index >= 15 is 0 Å². The third-order valence-electron chi connectivity index (χ3n) is 1.80. The Bertz CT molecular complexity index is 433. The number of halogens is 1. The lowest BCUT2D eigenvalue weighted by molar-refractivity contribution is 0.549. The molecule has 2 nitrogen and oxygen atoms in total. The molecule has 12 heavy (non-hydrogen) atoms. The number of rotatable bonds is 1. The first-order chi connectivity index (χ1) is 5.83. The minimum Gasteiger partial charge on any atom is -0.289 e. The fourth-order valence-electron chi connectivity index (χ4n) is 1.26. The van der Waals surface area contributed by atoms with Crippen molar-refractivity contribution in [2.75, 3.05) is 0 Å². The molecule has 2 aromatic rings. The molecule has 0 unspecified atom stereocenters. The van der Waals surface area contributed by atoms with Crippen LogP contribution in [0, 0.1) is 0 Å². The topological polar surface area (TPSA) is 22.0 Å². The summed E-state index contributed by atoms with van der Waals surface area (Å²) >= 11 is 3.39. The van der Waals surface area contributed by atoms with Crippen LogP contribution < -0.4 is 0 Å². The molecule has 0 radical (unpaired) electrons. The van der Waals surface area contributed by atoms with Crippen molar-refractivity contribution in [3.05, 3.63) is 34.9 Å². The molecule has 0 atom stereocenters. The standard InChI is InChI=1S/C9H6BrNO/c10-8-3-1-2-7-4-5-11(6-12)9(7)8/h1-6H. The van der Waals surface area contributed by atoms with Crippen LogP contribution in [0.3, 0.4) is 0 Å². The van der Waals surface area contributed by atoms with E-state index in [-0.39, 0.29) is 0 Å². The molecule has 1 aromatic carbocycles. The first-order valence-corrected chi connectivity index (χ1v) is 4.32. The van der Waals surface area contributed by atoms with Crippen LogP contribution in [0.1, 0.15) is 0 Å². The predicted molar refractivity (Wildman–Crippen MR) is 51.8 cm³/mol. The Labute approximate surface area is 77.9 Å². The van der Waals surface area contributed by atoms with Gasteiger partial charge in [0.05, 0.1) is 5.52 Å². The van der Waals surface area contributed by atoms with Crippen LogP contribution in [-0.4, -0.2) is 11.0 Å². The van der Waals surface area contributed by atoms with Gasteiger partial charge in [0.2, 0.25) is 6.41 Å². The van der Waals surface area contributed by atoms with Crippen molar-refractivity contribution in [1.82, 2.24) is 4.57 Å². The third-order valence-corrected chi connectivity index (χ3v) is 2.44. The summed E-state index contributed by atoms with van der Waals surface area (Å²) in [7, 11) is 0. The summed E-state index contributed by atoms with van der Waals surface area (Å²) in [6.45, 7) is 0. The lowest BCUT2D eigenvalue weighted by atomic mass is 10.2. The number of hydrogen-bond donors (Lipinski definition) is 0. The van der Waals surface area contributed by atoms with E-state index < -0.39 is 0 Å². The molecule has 0 bridgehead atoms. The van der Waals surface area contributed by atoms with Gasteiger partial charge in [0.25, 0.3) is 0 Å². The van der Waals surface area contributed by atoms with E-state index in [2.05, 4.69) is 15.9 Å². The maximum absolute atomic E-state index is 10.6. The number of fused-ring (bicyclic) bond motifs is 1. The molecule has 2 rings (SSSR count). The van der Waals surface area contributed by atoms with Crippen LogP contribution >= 0.6 is 15.9 Å². The monoisotopic (exact) mass is 223 g/mol. The Morgan fingerprint density at radius 2 is 2.17 bits per heavy atom. The number of carbonyl (C=O) groups is 1. The average Bonchev–Trinajstić information content (AvgIpc) is 2.49. The molecule has 0 saturated heterocycles. The van der Waals surface area contributed by atoms with Gasteiger partial charge in [-0.1, -0.05) is 12.1 Å². The molecule has 0 aliphatic rings. The fraction of sp³-hybridized carbons (Fsp3) is 0. The van der Waals surface area contributed by atoms with E-state index in [1.54, 1.807) is 10.8 Å². The molecule has 0 spiro atoms. The van der Waals surface area contributed by atoms with Crippen LogP contribution in [0.5, 0.6) is 0 Å². The van der Waals surface area contributed by atoms with Crippen molar-refractivity contribution in [1.29, 1.82) is 0 Å². The zero-order chi connectivity index (χ0) is 8.55. The summed E-state index contributed by atoms with van der Waals surface area (Å²) in [5.74, 6) is 0. The summed E-state index contributed by atoms with van der Waals surface area (Å²) in [5.41, 5.74) is 0.924. The highest BCUT2D eigenvalue weighted by molar-refractivity contribution is 9.10. The molecule has 3 heteroatoms. The van der Waals surface area contributed by atoms with Crippen molar-refractivity contribution < 1.29 is 4.79 Å². The van der Waals surface area contributed by atoms with Gasteiger partial charge in [-0.05, 0) is 28.1 Å².